The minimum absolute atomic E-state index is 0.0574. The molecule has 0 saturated heterocycles. The third kappa shape index (κ3) is 11.6. The summed E-state index contributed by atoms with van der Waals surface area (Å²) in [5, 5.41) is 4.51. The fourth-order valence-electron chi connectivity index (χ4n) is 2.95. The molecule has 0 amide bonds. The quantitative estimate of drug-likeness (QED) is 0.105. The summed E-state index contributed by atoms with van der Waals surface area (Å²) in [4.78, 5) is 0. The average Bonchev–Trinajstić information content (AvgIpc) is 2.88. The summed E-state index contributed by atoms with van der Waals surface area (Å²) in [5.74, 6) is -0.123. The van der Waals surface area contributed by atoms with Crippen LogP contribution < -0.4 is 9.47 Å². The molecule has 43 heavy (non-hydrogen) atoms. The Labute approximate surface area is 244 Å². The van der Waals surface area contributed by atoms with E-state index in [1.807, 2.05) is 0 Å². The van der Waals surface area contributed by atoms with E-state index in [1.165, 1.54) is 45.0 Å². The first-order valence-corrected chi connectivity index (χ1v) is 15.5. The highest BCUT2D eigenvalue weighted by Gasteiger charge is 2.39. The van der Waals surface area contributed by atoms with E-state index in [2.05, 4.69) is 18.9 Å². The van der Waals surface area contributed by atoms with Crippen molar-refractivity contribution in [2.45, 2.75) is 51.2 Å². The number of rotatable bonds is 15. The van der Waals surface area contributed by atoms with E-state index in [0.29, 0.717) is 0 Å². The van der Waals surface area contributed by atoms with E-state index in [1.54, 1.807) is 0 Å². The Kier molecular flexibility index (Phi) is 12.2. The topological polar surface area (TPSA) is 130 Å². The molecule has 0 atom stereocenters. The Balaban J connectivity index is 1.94. The lowest BCUT2D eigenvalue weighted by Crippen LogP contribution is -2.26. The Bertz CT molecular complexity index is 1470. The number of halogens is 6. The molecule has 18 heteroatoms. The van der Waals surface area contributed by atoms with E-state index in [-0.39, 0.29) is 37.6 Å². The Morgan fingerprint density at radius 2 is 1.12 bits per heavy atom. The van der Waals surface area contributed by atoms with E-state index in [9.17, 15) is 43.2 Å². The summed E-state index contributed by atoms with van der Waals surface area (Å²) >= 11 is 0. The van der Waals surface area contributed by atoms with Gasteiger partial charge in [-0.1, -0.05) is 17.2 Å². The second-order valence-electron chi connectivity index (χ2n) is 8.93. The largest absolute Gasteiger partial charge is 0.493 e. The van der Waals surface area contributed by atoms with Gasteiger partial charge < -0.3 is 9.47 Å². The van der Waals surface area contributed by atoms with Gasteiger partial charge in [-0.2, -0.15) is 43.2 Å². The zero-order valence-electron chi connectivity index (χ0n) is 23.0. The fraction of sp³-hybridized carbons (Fsp3) is 0.440. The molecule has 0 aliphatic heterocycles. The molecule has 0 bridgehead atoms. The summed E-state index contributed by atoms with van der Waals surface area (Å²) in [6.07, 6.45) is -9.60. The smallest absolute Gasteiger partial charge is 0.437 e. The maximum Gasteiger partial charge on any atom is 0.437 e. The minimum atomic E-state index is -5.01. The highest BCUT2D eigenvalue weighted by atomic mass is 32.2. The number of benzene rings is 2. The zero-order valence-corrected chi connectivity index (χ0v) is 24.6. The molecule has 0 unspecified atom stereocenters. The van der Waals surface area contributed by atoms with Crippen LogP contribution in [0.3, 0.4) is 0 Å². The lowest BCUT2D eigenvalue weighted by molar-refractivity contribution is -0.0606. The SMILES string of the molecule is CCCS(=O)(=O)O/N=C(/c1ccc(OCCCOc2ccc(/C(=N/OS(=O)(=O)C(C)C)C(F)(F)F)cc2)cc1)C(F)(F)F. The number of oxime groups is 2. The molecule has 2 rings (SSSR count). The first-order valence-electron chi connectivity index (χ1n) is 12.5. The molecule has 10 nitrogen and oxygen atoms in total. The number of hydrogen-bond donors (Lipinski definition) is 0. The summed E-state index contributed by atoms with van der Waals surface area (Å²) < 4.78 is 146. The van der Waals surface area contributed by atoms with Crippen LogP contribution in [-0.4, -0.2) is 64.8 Å². The monoisotopic (exact) mass is 662 g/mol. The third-order valence-corrected chi connectivity index (χ3v) is 7.77. The van der Waals surface area contributed by atoms with Crippen LogP contribution in [0.2, 0.25) is 0 Å². The van der Waals surface area contributed by atoms with Crippen LogP contribution in [-0.2, 0) is 28.8 Å². The summed E-state index contributed by atoms with van der Waals surface area (Å²) in [6.45, 7) is 4.06. The van der Waals surface area contributed by atoms with Gasteiger partial charge in [0.1, 0.15) is 11.5 Å². The highest BCUT2D eigenvalue weighted by Crippen LogP contribution is 2.26. The van der Waals surface area contributed by atoms with Gasteiger partial charge >= 0.3 is 32.6 Å². The molecular formula is C25H28F6N2O8S2. The molecule has 0 aliphatic rings. The molecule has 0 saturated carbocycles. The van der Waals surface area contributed by atoms with E-state index >= 15 is 0 Å². The normalized spacial score (nSPS) is 13.6. The molecule has 0 radical (unpaired) electrons. The standard InChI is InChI=1S/C25H28F6N2O8S2/c1-4-16-42(34,35)40-32-22(24(26,27)28)18-6-10-20(11-7-18)38-14-5-15-39-21-12-8-19(9-13-21)23(25(29,30)31)33-41-43(36,37)17(2)3/h6-13,17H,4-5,14-16H2,1-3H3/b32-22-,33-23-. The number of hydrogen-bond acceptors (Lipinski definition) is 10. The average molecular weight is 663 g/mol. The zero-order chi connectivity index (χ0) is 32.5. The van der Waals surface area contributed by atoms with Crippen LogP contribution in [0.25, 0.3) is 0 Å². The molecule has 240 valence electrons. The van der Waals surface area contributed by atoms with Gasteiger partial charge in [-0.3, -0.25) is 8.57 Å². The van der Waals surface area contributed by atoms with Crippen molar-refractivity contribution in [1.82, 2.24) is 0 Å². The molecule has 0 heterocycles. The van der Waals surface area contributed by atoms with Gasteiger partial charge in [0.2, 0.25) is 0 Å². The van der Waals surface area contributed by atoms with Gasteiger partial charge in [0.25, 0.3) is 0 Å². The second kappa shape index (κ2) is 14.8. The minimum Gasteiger partial charge on any atom is -0.493 e. The van der Waals surface area contributed by atoms with Crippen LogP contribution in [0.4, 0.5) is 26.3 Å². The van der Waals surface area contributed by atoms with Gasteiger partial charge in [0.05, 0.1) is 24.2 Å². The van der Waals surface area contributed by atoms with Gasteiger partial charge in [-0.25, -0.2) is 0 Å². The van der Waals surface area contributed by atoms with Crippen LogP contribution >= 0.6 is 0 Å². The molecule has 0 N–H and O–H groups in total. The third-order valence-electron chi connectivity index (χ3n) is 5.12. The molecule has 0 spiro atoms. The first kappa shape index (κ1) is 35.7. The molecule has 2 aromatic carbocycles. The maximum atomic E-state index is 13.4. The predicted molar refractivity (Wildman–Crippen MR) is 144 cm³/mol. The Morgan fingerprint density at radius 3 is 1.47 bits per heavy atom. The van der Waals surface area contributed by atoms with Crippen LogP contribution in [0.15, 0.2) is 58.8 Å². The van der Waals surface area contributed by atoms with Crippen LogP contribution in [0.5, 0.6) is 11.5 Å². The second-order valence-corrected chi connectivity index (χ2v) is 12.7. The molecule has 0 aliphatic carbocycles. The van der Waals surface area contributed by atoms with Gasteiger partial charge in [-0.15, -0.1) is 0 Å². The molecule has 0 aromatic heterocycles. The molecule has 2 aromatic rings. The number of nitrogens with zero attached hydrogens (tertiary/aromatic N) is 2. The van der Waals surface area contributed by atoms with E-state index in [0.717, 1.165) is 24.3 Å². The molecular weight excluding hydrogens is 634 g/mol. The highest BCUT2D eigenvalue weighted by molar-refractivity contribution is 7.87. The van der Waals surface area contributed by atoms with Crippen molar-refractivity contribution < 1.29 is 61.2 Å². The predicted octanol–water partition coefficient (Wildman–Crippen LogP) is 5.58. The summed E-state index contributed by atoms with van der Waals surface area (Å²) in [7, 11) is -8.59. The lowest BCUT2D eigenvalue weighted by atomic mass is 10.1. The maximum absolute atomic E-state index is 13.4. The summed E-state index contributed by atoms with van der Waals surface area (Å²) in [5.41, 5.74) is -4.01. The van der Waals surface area contributed by atoms with Crippen molar-refractivity contribution in [3.63, 3.8) is 0 Å². The van der Waals surface area contributed by atoms with Crippen molar-refractivity contribution in [2.24, 2.45) is 10.3 Å². The van der Waals surface area contributed by atoms with E-state index in [4.69, 9.17) is 9.47 Å². The van der Waals surface area contributed by atoms with Crippen LogP contribution in [0.1, 0.15) is 44.7 Å². The van der Waals surface area contributed by atoms with Crippen molar-refractivity contribution in [2.75, 3.05) is 19.0 Å². The lowest BCUT2D eigenvalue weighted by Gasteiger charge is -2.13. The van der Waals surface area contributed by atoms with Gasteiger partial charge in [-0.05, 0) is 68.8 Å². The van der Waals surface area contributed by atoms with Crippen molar-refractivity contribution >= 4 is 31.7 Å². The van der Waals surface area contributed by atoms with E-state index < -0.39 is 66.1 Å². The van der Waals surface area contributed by atoms with Gasteiger partial charge in [0.15, 0.2) is 11.4 Å². The number of ether oxygens (including phenoxy) is 2. The van der Waals surface area contributed by atoms with Crippen molar-refractivity contribution in [3.8, 4) is 11.5 Å². The van der Waals surface area contributed by atoms with Crippen LogP contribution in [0, 0.1) is 0 Å². The van der Waals surface area contributed by atoms with Crippen molar-refractivity contribution in [1.29, 1.82) is 0 Å². The summed E-state index contributed by atoms with van der Waals surface area (Å²) in [6, 6.07) is 8.95. The van der Waals surface area contributed by atoms with Crippen molar-refractivity contribution in [3.05, 3.63) is 59.7 Å². The Morgan fingerprint density at radius 1 is 0.721 bits per heavy atom. The Hall–Kier alpha value is -3.54. The molecule has 0 fully saturated rings. The fourth-order valence-corrected chi connectivity index (χ4v) is 4.06. The first-order chi connectivity index (χ1) is 19.9. The van der Waals surface area contributed by atoms with Gasteiger partial charge in [0, 0.05) is 17.5 Å². The number of alkyl halides is 6.